The lowest BCUT2D eigenvalue weighted by Gasteiger charge is -2.23. The maximum absolute atomic E-state index is 11.9. The van der Waals surface area contributed by atoms with Crippen molar-refractivity contribution >= 4 is 11.8 Å². The summed E-state index contributed by atoms with van der Waals surface area (Å²) in [6, 6.07) is 7.68. The van der Waals surface area contributed by atoms with Gasteiger partial charge in [-0.25, -0.2) is 0 Å². The molecule has 0 amide bonds. The van der Waals surface area contributed by atoms with Crippen LogP contribution in [0.5, 0.6) is 0 Å². The van der Waals surface area contributed by atoms with Crippen molar-refractivity contribution in [2.24, 2.45) is 5.92 Å². The lowest BCUT2D eigenvalue weighted by Crippen LogP contribution is -2.23. The number of esters is 1. The Morgan fingerprint density at radius 1 is 1.11 bits per heavy atom. The summed E-state index contributed by atoms with van der Waals surface area (Å²) in [6.07, 6.45) is 4.11. The predicted octanol–water partition coefficient (Wildman–Crippen LogP) is 2.70. The average molecular weight is 260 g/mol. The maximum Gasteiger partial charge on any atom is 0.310 e. The SMILES string of the molecule is CCOC(=O)Cc1ccc(CC(=O)C2CCC2)cc1. The van der Waals surface area contributed by atoms with Gasteiger partial charge in [-0.3, -0.25) is 9.59 Å². The van der Waals surface area contributed by atoms with Crippen LogP contribution in [-0.2, 0) is 27.2 Å². The number of Topliss-reactive ketones (excluding diaryl/α,β-unsaturated/α-hetero) is 1. The van der Waals surface area contributed by atoms with Crippen LogP contribution in [0.4, 0.5) is 0 Å². The normalized spacial score (nSPS) is 14.8. The molecular weight excluding hydrogens is 240 g/mol. The number of carbonyl (C=O) groups excluding carboxylic acids is 2. The zero-order valence-electron chi connectivity index (χ0n) is 11.4. The van der Waals surface area contributed by atoms with Gasteiger partial charge in [0.05, 0.1) is 13.0 Å². The highest BCUT2D eigenvalue weighted by Gasteiger charge is 2.24. The molecule has 0 heterocycles. The Hall–Kier alpha value is -1.64. The standard InChI is InChI=1S/C16H20O3/c1-2-19-16(18)11-13-8-6-12(7-9-13)10-15(17)14-4-3-5-14/h6-9,14H,2-5,10-11H2,1H3. The fourth-order valence-corrected chi connectivity index (χ4v) is 2.23. The van der Waals surface area contributed by atoms with Crippen molar-refractivity contribution in [2.75, 3.05) is 6.61 Å². The molecule has 0 unspecified atom stereocenters. The van der Waals surface area contributed by atoms with Crippen molar-refractivity contribution in [2.45, 2.75) is 39.0 Å². The highest BCUT2D eigenvalue weighted by Crippen LogP contribution is 2.28. The van der Waals surface area contributed by atoms with Crippen LogP contribution in [0.25, 0.3) is 0 Å². The molecule has 2 rings (SSSR count). The minimum Gasteiger partial charge on any atom is -0.466 e. The van der Waals surface area contributed by atoms with Crippen LogP contribution >= 0.6 is 0 Å². The first-order valence-corrected chi connectivity index (χ1v) is 6.95. The molecule has 0 spiro atoms. The fraction of sp³-hybridized carbons (Fsp3) is 0.500. The van der Waals surface area contributed by atoms with E-state index in [0.29, 0.717) is 31.1 Å². The van der Waals surface area contributed by atoms with Crippen LogP contribution in [-0.4, -0.2) is 18.4 Å². The number of carbonyl (C=O) groups is 2. The molecule has 3 heteroatoms. The lowest BCUT2D eigenvalue weighted by molar-refractivity contribution is -0.142. The van der Waals surface area contributed by atoms with E-state index in [-0.39, 0.29) is 5.97 Å². The summed E-state index contributed by atoms with van der Waals surface area (Å²) in [4.78, 5) is 23.2. The van der Waals surface area contributed by atoms with Crippen LogP contribution in [0.3, 0.4) is 0 Å². The van der Waals surface area contributed by atoms with E-state index in [4.69, 9.17) is 4.74 Å². The Labute approximate surface area is 114 Å². The molecular formula is C16H20O3. The largest absolute Gasteiger partial charge is 0.466 e. The van der Waals surface area contributed by atoms with E-state index in [1.807, 2.05) is 24.3 Å². The van der Waals surface area contributed by atoms with E-state index in [2.05, 4.69) is 0 Å². The molecule has 0 N–H and O–H groups in total. The van der Waals surface area contributed by atoms with E-state index in [1.165, 1.54) is 6.42 Å². The number of ether oxygens (including phenoxy) is 1. The Kier molecular flexibility index (Phi) is 4.72. The van der Waals surface area contributed by atoms with Crippen molar-refractivity contribution in [3.63, 3.8) is 0 Å². The second kappa shape index (κ2) is 6.50. The van der Waals surface area contributed by atoms with E-state index in [9.17, 15) is 9.59 Å². The molecule has 0 saturated heterocycles. The van der Waals surface area contributed by atoms with E-state index >= 15 is 0 Å². The van der Waals surface area contributed by atoms with E-state index < -0.39 is 0 Å². The molecule has 0 aromatic heterocycles. The number of benzene rings is 1. The Morgan fingerprint density at radius 3 is 2.16 bits per heavy atom. The molecule has 1 aromatic rings. The molecule has 0 atom stereocenters. The van der Waals surface area contributed by atoms with Crippen molar-refractivity contribution in [3.8, 4) is 0 Å². The van der Waals surface area contributed by atoms with Gasteiger partial charge in [0.1, 0.15) is 5.78 Å². The first-order chi connectivity index (χ1) is 9.19. The van der Waals surface area contributed by atoms with Gasteiger partial charge in [0, 0.05) is 12.3 Å². The van der Waals surface area contributed by atoms with Gasteiger partial charge in [-0.2, -0.15) is 0 Å². The summed E-state index contributed by atoms with van der Waals surface area (Å²) < 4.78 is 4.90. The van der Waals surface area contributed by atoms with Crippen LogP contribution in [0.15, 0.2) is 24.3 Å². The third-order valence-corrected chi connectivity index (χ3v) is 3.62. The molecule has 3 nitrogen and oxygen atoms in total. The average Bonchev–Trinajstić information content (AvgIpc) is 2.29. The van der Waals surface area contributed by atoms with E-state index in [0.717, 1.165) is 24.0 Å². The Balaban J connectivity index is 1.87. The number of hydrogen-bond acceptors (Lipinski definition) is 3. The zero-order chi connectivity index (χ0) is 13.7. The summed E-state index contributed by atoms with van der Waals surface area (Å²) in [7, 11) is 0. The van der Waals surface area contributed by atoms with Gasteiger partial charge in [-0.15, -0.1) is 0 Å². The molecule has 19 heavy (non-hydrogen) atoms. The molecule has 1 fully saturated rings. The highest BCUT2D eigenvalue weighted by atomic mass is 16.5. The van der Waals surface area contributed by atoms with Gasteiger partial charge in [-0.1, -0.05) is 30.7 Å². The Bertz CT molecular complexity index is 444. The third kappa shape index (κ3) is 3.91. The Morgan fingerprint density at radius 2 is 1.68 bits per heavy atom. The second-order valence-electron chi connectivity index (χ2n) is 5.07. The summed E-state index contributed by atoms with van der Waals surface area (Å²) in [5.41, 5.74) is 1.96. The molecule has 0 bridgehead atoms. The first kappa shape index (κ1) is 13.8. The molecule has 1 aromatic carbocycles. The van der Waals surface area contributed by atoms with Crippen LogP contribution < -0.4 is 0 Å². The summed E-state index contributed by atoms with van der Waals surface area (Å²) in [5.74, 6) is 0.435. The van der Waals surface area contributed by atoms with E-state index in [1.54, 1.807) is 6.92 Å². The van der Waals surface area contributed by atoms with Gasteiger partial charge in [0.25, 0.3) is 0 Å². The highest BCUT2D eigenvalue weighted by molar-refractivity contribution is 5.84. The number of ketones is 1. The van der Waals surface area contributed by atoms with Crippen LogP contribution in [0.2, 0.25) is 0 Å². The smallest absolute Gasteiger partial charge is 0.310 e. The summed E-state index contributed by atoms with van der Waals surface area (Å²) in [5, 5.41) is 0. The van der Waals surface area contributed by atoms with Crippen molar-refractivity contribution in [1.82, 2.24) is 0 Å². The molecule has 1 saturated carbocycles. The topological polar surface area (TPSA) is 43.4 Å². The fourth-order valence-electron chi connectivity index (χ4n) is 2.23. The van der Waals surface area contributed by atoms with Gasteiger partial charge >= 0.3 is 5.97 Å². The van der Waals surface area contributed by atoms with Gasteiger partial charge in [-0.05, 0) is 30.9 Å². The molecule has 1 aliphatic rings. The third-order valence-electron chi connectivity index (χ3n) is 3.62. The van der Waals surface area contributed by atoms with Crippen molar-refractivity contribution in [3.05, 3.63) is 35.4 Å². The second-order valence-corrected chi connectivity index (χ2v) is 5.07. The van der Waals surface area contributed by atoms with Crippen LogP contribution in [0.1, 0.15) is 37.3 Å². The number of rotatable bonds is 6. The first-order valence-electron chi connectivity index (χ1n) is 6.95. The minimum absolute atomic E-state index is 0.208. The molecule has 102 valence electrons. The van der Waals surface area contributed by atoms with Crippen molar-refractivity contribution < 1.29 is 14.3 Å². The number of hydrogen-bond donors (Lipinski definition) is 0. The van der Waals surface area contributed by atoms with Crippen LogP contribution in [0, 0.1) is 5.92 Å². The monoisotopic (exact) mass is 260 g/mol. The molecule has 0 aliphatic heterocycles. The quantitative estimate of drug-likeness (QED) is 0.739. The van der Waals surface area contributed by atoms with Gasteiger partial charge in [0.15, 0.2) is 0 Å². The zero-order valence-corrected chi connectivity index (χ0v) is 11.4. The molecule has 1 aliphatic carbocycles. The summed E-state index contributed by atoms with van der Waals surface area (Å²) >= 11 is 0. The molecule has 0 radical (unpaired) electrons. The van der Waals surface area contributed by atoms with Crippen molar-refractivity contribution in [1.29, 1.82) is 0 Å². The summed E-state index contributed by atoms with van der Waals surface area (Å²) in [6.45, 7) is 2.21. The minimum atomic E-state index is -0.208. The maximum atomic E-state index is 11.9. The van der Waals surface area contributed by atoms with Gasteiger partial charge < -0.3 is 4.74 Å². The lowest BCUT2D eigenvalue weighted by atomic mass is 9.80. The van der Waals surface area contributed by atoms with Gasteiger partial charge in [0.2, 0.25) is 0 Å². The predicted molar refractivity (Wildman–Crippen MR) is 72.8 cm³/mol.